The van der Waals surface area contributed by atoms with Gasteiger partial charge in [0.1, 0.15) is 11.6 Å². The summed E-state index contributed by atoms with van der Waals surface area (Å²) < 4.78 is 6.56. The summed E-state index contributed by atoms with van der Waals surface area (Å²) in [5.41, 5.74) is 1.95. The molecule has 0 radical (unpaired) electrons. The summed E-state index contributed by atoms with van der Waals surface area (Å²) in [4.78, 5) is 19.5. The van der Waals surface area contributed by atoms with Crippen molar-refractivity contribution in [2.45, 2.75) is 6.42 Å². The fourth-order valence-corrected chi connectivity index (χ4v) is 2.53. The van der Waals surface area contributed by atoms with Crippen LogP contribution in [0.4, 0.5) is 0 Å². The average Bonchev–Trinajstić information content (AvgIpc) is 2.97. The summed E-state index contributed by atoms with van der Waals surface area (Å²) in [6.45, 7) is 0.537. The number of imidazole rings is 1. The average molecular weight is 421 g/mol. The van der Waals surface area contributed by atoms with Gasteiger partial charge >= 0.3 is 0 Å². The van der Waals surface area contributed by atoms with Crippen molar-refractivity contribution >= 4 is 39.5 Å². The lowest BCUT2D eigenvalue weighted by Crippen LogP contribution is -2.30. The van der Waals surface area contributed by atoms with Gasteiger partial charge in [0, 0.05) is 16.5 Å². The minimum atomic E-state index is -0.139. The second kappa shape index (κ2) is 7.45. The van der Waals surface area contributed by atoms with Crippen LogP contribution >= 0.6 is 22.6 Å². The first-order chi connectivity index (χ1) is 11.2. The fraction of sp³-hybridized carbons (Fsp3) is 0.176. The van der Waals surface area contributed by atoms with E-state index >= 15 is 0 Å². The Morgan fingerprint density at radius 2 is 1.96 bits per heavy atom. The van der Waals surface area contributed by atoms with Gasteiger partial charge in [0.05, 0.1) is 11.0 Å². The monoisotopic (exact) mass is 421 g/mol. The van der Waals surface area contributed by atoms with E-state index in [2.05, 4.69) is 37.9 Å². The van der Waals surface area contributed by atoms with Crippen molar-refractivity contribution < 1.29 is 9.53 Å². The van der Waals surface area contributed by atoms with Crippen LogP contribution < -0.4 is 10.1 Å². The molecule has 0 aliphatic rings. The summed E-state index contributed by atoms with van der Waals surface area (Å²) in [5, 5.41) is 2.83. The highest BCUT2D eigenvalue weighted by atomic mass is 127. The normalized spacial score (nSPS) is 10.7. The van der Waals surface area contributed by atoms with Gasteiger partial charge in [-0.2, -0.15) is 0 Å². The Morgan fingerprint density at radius 1 is 1.17 bits per heavy atom. The van der Waals surface area contributed by atoms with Crippen molar-refractivity contribution in [3.63, 3.8) is 0 Å². The molecule has 23 heavy (non-hydrogen) atoms. The number of halogens is 1. The number of hydrogen-bond donors (Lipinski definition) is 2. The van der Waals surface area contributed by atoms with E-state index in [9.17, 15) is 4.79 Å². The molecule has 0 spiro atoms. The highest BCUT2D eigenvalue weighted by Crippen LogP contribution is 2.13. The Balaban J connectivity index is 1.43. The number of ether oxygens (including phenoxy) is 1. The van der Waals surface area contributed by atoms with Crippen LogP contribution in [0.1, 0.15) is 5.82 Å². The minimum Gasteiger partial charge on any atom is -0.484 e. The molecule has 3 rings (SSSR count). The molecule has 1 amide bonds. The number of carbonyl (C=O) groups excluding carboxylic acids is 1. The first kappa shape index (κ1) is 15.8. The topological polar surface area (TPSA) is 67.0 Å². The highest BCUT2D eigenvalue weighted by Gasteiger charge is 2.05. The predicted molar refractivity (Wildman–Crippen MR) is 97.5 cm³/mol. The second-order valence-electron chi connectivity index (χ2n) is 5.04. The van der Waals surface area contributed by atoms with Crippen molar-refractivity contribution in [2.24, 2.45) is 0 Å². The van der Waals surface area contributed by atoms with Gasteiger partial charge in [-0.05, 0) is 59.0 Å². The van der Waals surface area contributed by atoms with E-state index < -0.39 is 0 Å². The van der Waals surface area contributed by atoms with Crippen LogP contribution in [-0.2, 0) is 11.2 Å². The van der Waals surface area contributed by atoms with Crippen molar-refractivity contribution in [1.82, 2.24) is 15.3 Å². The predicted octanol–water partition coefficient (Wildman–Crippen LogP) is 2.91. The van der Waals surface area contributed by atoms with Gasteiger partial charge in [0.25, 0.3) is 5.91 Å². The molecule has 0 aliphatic carbocycles. The molecule has 0 saturated heterocycles. The van der Waals surface area contributed by atoms with E-state index in [0.29, 0.717) is 18.7 Å². The second-order valence-corrected chi connectivity index (χ2v) is 6.29. The summed E-state index contributed by atoms with van der Waals surface area (Å²) in [7, 11) is 0. The SMILES string of the molecule is O=C(COc1ccc(I)cc1)NCCc1nc2ccccc2[nH]1. The van der Waals surface area contributed by atoms with Crippen LogP contribution in [0.25, 0.3) is 11.0 Å². The van der Waals surface area contributed by atoms with E-state index in [1.807, 2.05) is 48.5 Å². The number of carbonyl (C=O) groups is 1. The Morgan fingerprint density at radius 3 is 2.74 bits per heavy atom. The van der Waals surface area contributed by atoms with Crippen LogP contribution in [0.15, 0.2) is 48.5 Å². The number of hydrogen-bond acceptors (Lipinski definition) is 3. The highest BCUT2D eigenvalue weighted by molar-refractivity contribution is 14.1. The van der Waals surface area contributed by atoms with Gasteiger partial charge in [0.15, 0.2) is 6.61 Å². The summed E-state index contributed by atoms with van der Waals surface area (Å²) in [6, 6.07) is 15.4. The van der Waals surface area contributed by atoms with Gasteiger partial charge in [-0.25, -0.2) is 4.98 Å². The van der Waals surface area contributed by atoms with E-state index in [1.165, 1.54) is 0 Å². The molecule has 5 nitrogen and oxygen atoms in total. The first-order valence-electron chi connectivity index (χ1n) is 7.29. The Kier molecular flexibility index (Phi) is 5.12. The third-order valence-electron chi connectivity index (χ3n) is 3.31. The molecule has 0 fully saturated rings. The maximum absolute atomic E-state index is 11.8. The van der Waals surface area contributed by atoms with Crippen LogP contribution in [0.5, 0.6) is 5.75 Å². The Hall–Kier alpha value is -2.09. The molecule has 0 aliphatic heterocycles. The Bertz CT molecular complexity index is 766. The lowest BCUT2D eigenvalue weighted by molar-refractivity contribution is -0.123. The van der Waals surface area contributed by atoms with Crippen molar-refractivity contribution in [3.8, 4) is 5.75 Å². The quantitative estimate of drug-likeness (QED) is 0.602. The van der Waals surface area contributed by atoms with Gasteiger partial charge in [-0.1, -0.05) is 12.1 Å². The number of para-hydroxylation sites is 2. The molecule has 2 aromatic carbocycles. The number of nitrogens with zero attached hydrogens (tertiary/aromatic N) is 1. The van der Waals surface area contributed by atoms with Crippen LogP contribution in [-0.4, -0.2) is 29.0 Å². The first-order valence-corrected chi connectivity index (χ1v) is 8.37. The fourth-order valence-electron chi connectivity index (χ4n) is 2.18. The molecular weight excluding hydrogens is 405 g/mol. The van der Waals surface area contributed by atoms with E-state index in [1.54, 1.807) is 0 Å². The molecule has 3 aromatic rings. The van der Waals surface area contributed by atoms with E-state index in [4.69, 9.17) is 4.74 Å². The number of H-pyrrole nitrogens is 1. The third-order valence-corrected chi connectivity index (χ3v) is 4.03. The van der Waals surface area contributed by atoms with Crippen LogP contribution in [0, 0.1) is 3.57 Å². The number of rotatable bonds is 6. The minimum absolute atomic E-state index is 0.0146. The standard InChI is InChI=1S/C17H16IN3O2/c18-12-5-7-13(8-6-12)23-11-17(22)19-10-9-16-20-14-3-1-2-4-15(14)21-16/h1-8H,9-11H2,(H,19,22)(H,20,21). The smallest absolute Gasteiger partial charge is 0.257 e. The van der Waals surface area contributed by atoms with E-state index in [0.717, 1.165) is 20.4 Å². The molecule has 2 N–H and O–H groups in total. The number of aromatic nitrogens is 2. The summed E-state index contributed by atoms with van der Waals surface area (Å²) in [5.74, 6) is 1.42. The van der Waals surface area contributed by atoms with Gasteiger partial charge in [-0.15, -0.1) is 0 Å². The third kappa shape index (κ3) is 4.44. The number of aromatic amines is 1. The molecule has 118 valence electrons. The maximum Gasteiger partial charge on any atom is 0.257 e. The molecular formula is C17H16IN3O2. The van der Waals surface area contributed by atoms with Crippen LogP contribution in [0.3, 0.4) is 0 Å². The summed E-state index contributed by atoms with van der Waals surface area (Å²) in [6.07, 6.45) is 0.657. The number of benzene rings is 2. The molecule has 6 heteroatoms. The molecule has 1 heterocycles. The molecule has 0 unspecified atom stereocenters. The lowest BCUT2D eigenvalue weighted by atomic mass is 10.3. The number of amides is 1. The Labute approximate surface area is 147 Å². The van der Waals surface area contributed by atoms with Crippen LogP contribution in [0.2, 0.25) is 0 Å². The molecule has 0 atom stereocenters. The summed E-state index contributed by atoms with van der Waals surface area (Å²) >= 11 is 2.22. The zero-order valence-corrected chi connectivity index (χ0v) is 14.5. The van der Waals surface area contributed by atoms with Crippen molar-refractivity contribution in [1.29, 1.82) is 0 Å². The number of nitrogens with one attached hydrogen (secondary N) is 2. The van der Waals surface area contributed by atoms with Crippen molar-refractivity contribution in [2.75, 3.05) is 13.2 Å². The lowest BCUT2D eigenvalue weighted by Gasteiger charge is -2.07. The number of fused-ring (bicyclic) bond motifs is 1. The zero-order chi connectivity index (χ0) is 16.1. The zero-order valence-electron chi connectivity index (χ0n) is 12.4. The molecule has 0 bridgehead atoms. The molecule has 1 aromatic heterocycles. The van der Waals surface area contributed by atoms with Gasteiger partial charge in [-0.3, -0.25) is 4.79 Å². The maximum atomic E-state index is 11.8. The van der Waals surface area contributed by atoms with Gasteiger partial charge in [0.2, 0.25) is 0 Å². The van der Waals surface area contributed by atoms with E-state index in [-0.39, 0.29) is 12.5 Å². The van der Waals surface area contributed by atoms with Crippen molar-refractivity contribution in [3.05, 3.63) is 57.9 Å². The molecule has 0 saturated carbocycles. The largest absolute Gasteiger partial charge is 0.484 e. The van der Waals surface area contributed by atoms with Gasteiger partial charge < -0.3 is 15.0 Å².